The molecule has 0 aliphatic rings. The highest BCUT2D eigenvalue weighted by atomic mass is 16.4. The molecule has 1 heterocycles. The Morgan fingerprint density at radius 1 is 1.33 bits per heavy atom. The van der Waals surface area contributed by atoms with Crippen LogP contribution in [0.25, 0.3) is 0 Å². The molecule has 0 spiro atoms. The first-order valence-electron chi connectivity index (χ1n) is 5.42. The molecule has 4 heteroatoms. The lowest BCUT2D eigenvalue weighted by Crippen LogP contribution is -1.93. The number of carboxylic acids is 1. The van der Waals surface area contributed by atoms with Crippen LogP contribution in [-0.4, -0.2) is 21.0 Å². The number of aromatic amines is 1. The summed E-state index contributed by atoms with van der Waals surface area (Å²) in [5.41, 5.74) is 0. The van der Waals surface area contributed by atoms with Gasteiger partial charge >= 0.3 is 5.97 Å². The van der Waals surface area contributed by atoms with E-state index in [9.17, 15) is 4.79 Å². The van der Waals surface area contributed by atoms with Crippen molar-refractivity contribution in [2.75, 3.05) is 0 Å². The van der Waals surface area contributed by atoms with Crippen LogP contribution in [0.5, 0.6) is 0 Å². The molecule has 1 aromatic rings. The number of aliphatic carboxylic acids is 1. The summed E-state index contributed by atoms with van der Waals surface area (Å²) in [4.78, 5) is 16.4. The van der Waals surface area contributed by atoms with E-state index in [0.29, 0.717) is 6.42 Å². The number of hydrogen-bond acceptors (Lipinski definition) is 2. The number of carboxylic acid groups (broad SMARTS) is 1. The van der Waals surface area contributed by atoms with Gasteiger partial charge in [0.15, 0.2) is 0 Å². The van der Waals surface area contributed by atoms with Crippen LogP contribution in [0.3, 0.4) is 0 Å². The van der Waals surface area contributed by atoms with Crippen molar-refractivity contribution in [2.45, 2.75) is 45.4 Å². The van der Waals surface area contributed by atoms with Crippen LogP contribution in [0.1, 0.15) is 45.4 Å². The lowest BCUT2D eigenvalue weighted by atomic mass is 10.1. The third-order valence-corrected chi connectivity index (χ3v) is 1.90. The maximum absolute atomic E-state index is 10.0. The number of rotatable bonds is 6. The van der Waals surface area contributed by atoms with Crippen LogP contribution in [0.4, 0.5) is 0 Å². The van der Waals surface area contributed by atoms with Gasteiger partial charge in [0.1, 0.15) is 0 Å². The first kappa shape index (κ1) is 13.7. The van der Waals surface area contributed by atoms with E-state index in [-0.39, 0.29) is 0 Å². The maximum Gasteiger partial charge on any atom is 0.303 e. The van der Waals surface area contributed by atoms with Crippen molar-refractivity contribution >= 4 is 5.97 Å². The van der Waals surface area contributed by atoms with E-state index in [2.05, 4.69) is 16.9 Å². The van der Waals surface area contributed by atoms with Crippen molar-refractivity contribution in [3.05, 3.63) is 18.7 Å². The van der Waals surface area contributed by atoms with E-state index in [4.69, 9.17) is 5.11 Å². The minimum Gasteiger partial charge on any atom is -0.481 e. The molecule has 4 nitrogen and oxygen atoms in total. The maximum atomic E-state index is 10.0. The zero-order chi connectivity index (χ0) is 11.4. The van der Waals surface area contributed by atoms with Crippen molar-refractivity contribution in [2.24, 2.45) is 0 Å². The minimum absolute atomic E-state index is 0.337. The highest BCUT2D eigenvalue weighted by Crippen LogP contribution is 2.04. The van der Waals surface area contributed by atoms with E-state index in [1.165, 1.54) is 19.3 Å². The van der Waals surface area contributed by atoms with Gasteiger partial charge in [-0.1, -0.05) is 32.6 Å². The van der Waals surface area contributed by atoms with Crippen LogP contribution in [-0.2, 0) is 4.79 Å². The van der Waals surface area contributed by atoms with E-state index < -0.39 is 5.97 Å². The predicted molar refractivity (Wildman–Crippen MR) is 59.6 cm³/mol. The van der Waals surface area contributed by atoms with Crippen LogP contribution in [0.15, 0.2) is 18.7 Å². The van der Waals surface area contributed by atoms with Crippen LogP contribution < -0.4 is 0 Å². The largest absolute Gasteiger partial charge is 0.481 e. The van der Waals surface area contributed by atoms with E-state index in [0.717, 1.165) is 12.8 Å². The molecule has 1 rings (SSSR count). The topological polar surface area (TPSA) is 66.0 Å². The summed E-state index contributed by atoms with van der Waals surface area (Å²) in [6.07, 6.45) is 11.0. The summed E-state index contributed by atoms with van der Waals surface area (Å²) in [6.45, 7) is 2.15. The molecule has 1 aromatic heterocycles. The first-order valence-corrected chi connectivity index (χ1v) is 5.42. The zero-order valence-electron chi connectivity index (χ0n) is 9.28. The summed E-state index contributed by atoms with van der Waals surface area (Å²) < 4.78 is 0. The summed E-state index contributed by atoms with van der Waals surface area (Å²) in [5.74, 6) is -0.670. The minimum atomic E-state index is -0.670. The Labute approximate surface area is 90.7 Å². The van der Waals surface area contributed by atoms with E-state index in [1.54, 1.807) is 18.7 Å². The highest BCUT2D eigenvalue weighted by Gasteiger charge is 1.94. The van der Waals surface area contributed by atoms with Gasteiger partial charge in [-0.3, -0.25) is 4.79 Å². The fourth-order valence-corrected chi connectivity index (χ4v) is 1.09. The normalized spacial score (nSPS) is 9.13. The molecule has 2 N–H and O–H groups in total. The molecule has 0 atom stereocenters. The summed E-state index contributed by atoms with van der Waals surface area (Å²) >= 11 is 0. The lowest BCUT2D eigenvalue weighted by molar-refractivity contribution is -0.137. The number of imidazole rings is 1. The van der Waals surface area contributed by atoms with Gasteiger partial charge in [-0.05, 0) is 6.42 Å². The average Bonchev–Trinajstić information content (AvgIpc) is 2.75. The Bertz CT molecular complexity index is 205. The molecule has 0 amide bonds. The molecule has 86 valence electrons. The van der Waals surface area contributed by atoms with Crippen molar-refractivity contribution in [1.82, 2.24) is 9.97 Å². The number of aromatic nitrogens is 2. The van der Waals surface area contributed by atoms with Gasteiger partial charge in [-0.15, -0.1) is 0 Å². The standard InChI is InChI=1S/C8H16O2.C3H4N2/c1-2-3-4-5-6-7-8(9)10;1-2-5-3-4-1/h2-7H2,1H3,(H,9,10);1-3H,(H,4,5). The fourth-order valence-electron chi connectivity index (χ4n) is 1.09. The van der Waals surface area contributed by atoms with Crippen molar-refractivity contribution in [1.29, 1.82) is 0 Å². The summed E-state index contributed by atoms with van der Waals surface area (Å²) in [5, 5.41) is 8.27. The SMILES string of the molecule is CCCCCCCC(=O)O.c1c[nH]cn1. The first-order chi connectivity index (χ1) is 7.27. The molecule has 0 bridgehead atoms. The Hall–Kier alpha value is -1.32. The molecule has 15 heavy (non-hydrogen) atoms. The van der Waals surface area contributed by atoms with Gasteiger partial charge in [-0.25, -0.2) is 4.98 Å². The molecule has 0 aliphatic carbocycles. The second-order valence-electron chi connectivity index (χ2n) is 3.32. The number of unbranched alkanes of at least 4 members (excludes halogenated alkanes) is 4. The van der Waals surface area contributed by atoms with Gasteiger partial charge in [0.2, 0.25) is 0 Å². The molecule has 0 radical (unpaired) electrons. The Morgan fingerprint density at radius 3 is 2.47 bits per heavy atom. The van der Waals surface area contributed by atoms with E-state index >= 15 is 0 Å². The lowest BCUT2D eigenvalue weighted by Gasteiger charge is -1.95. The summed E-state index contributed by atoms with van der Waals surface area (Å²) in [7, 11) is 0. The third-order valence-electron chi connectivity index (χ3n) is 1.90. The van der Waals surface area contributed by atoms with Gasteiger partial charge in [-0.2, -0.15) is 0 Å². The number of nitrogens with one attached hydrogen (secondary N) is 1. The van der Waals surface area contributed by atoms with Crippen LogP contribution in [0.2, 0.25) is 0 Å². The van der Waals surface area contributed by atoms with Gasteiger partial charge in [0.25, 0.3) is 0 Å². The highest BCUT2D eigenvalue weighted by molar-refractivity contribution is 5.66. The molecule has 0 fully saturated rings. The van der Waals surface area contributed by atoms with Crippen LogP contribution >= 0.6 is 0 Å². The molecule has 0 aliphatic heterocycles. The predicted octanol–water partition coefficient (Wildman–Crippen LogP) is 2.84. The smallest absolute Gasteiger partial charge is 0.303 e. The third kappa shape index (κ3) is 12.7. The molecule has 0 unspecified atom stereocenters. The quantitative estimate of drug-likeness (QED) is 0.712. The number of H-pyrrole nitrogens is 1. The Kier molecular flexibility index (Phi) is 9.81. The molecule has 0 saturated carbocycles. The monoisotopic (exact) mass is 212 g/mol. The molecular formula is C11H20N2O2. The zero-order valence-corrected chi connectivity index (χ0v) is 9.28. The van der Waals surface area contributed by atoms with Crippen LogP contribution in [0, 0.1) is 0 Å². The number of carbonyl (C=O) groups is 1. The van der Waals surface area contributed by atoms with Gasteiger partial charge in [0.05, 0.1) is 6.33 Å². The average molecular weight is 212 g/mol. The second-order valence-corrected chi connectivity index (χ2v) is 3.32. The van der Waals surface area contributed by atoms with Gasteiger partial charge < -0.3 is 10.1 Å². The number of nitrogens with zero attached hydrogens (tertiary/aromatic N) is 1. The van der Waals surface area contributed by atoms with Crippen molar-refractivity contribution in [3.8, 4) is 0 Å². The van der Waals surface area contributed by atoms with Gasteiger partial charge in [0, 0.05) is 18.8 Å². The fraction of sp³-hybridized carbons (Fsp3) is 0.636. The molecule has 0 aromatic carbocycles. The number of hydrogen-bond donors (Lipinski definition) is 2. The Balaban J connectivity index is 0.000000322. The molecule has 0 saturated heterocycles. The van der Waals surface area contributed by atoms with Crippen molar-refractivity contribution in [3.63, 3.8) is 0 Å². The Morgan fingerprint density at radius 2 is 2.07 bits per heavy atom. The second kappa shape index (κ2) is 10.8. The molecular weight excluding hydrogens is 192 g/mol. The van der Waals surface area contributed by atoms with Crippen molar-refractivity contribution < 1.29 is 9.90 Å². The summed E-state index contributed by atoms with van der Waals surface area (Å²) in [6, 6.07) is 0. The van der Waals surface area contributed by atoms with E-state index in [1.807, 2.05) is 0 Å².